The second-order valence-corrected chi connectivity index (χ2v) is 5.47. The number of nitrogens with zero attached hydrogens (tertiary/aromatic N) is 3. The Labute approximate surface area is 118 Å². The number of hydrogen-bond acceptors (Lipinski definition) is 4. The molecule has 2 unspecified atom stereocenters. The van der Waals surface area contributed by atoms with E-state index in [-0.39, 0.29) is 6.10 Å². The van der Waals surface area contributed by atoms with Crippen LogP contribution in [0, 0.1) is 17.2 Å². The first-order valence-corrected chi connectivity index (χ1v) is 6.91. The summed E-state index contributed by atoms with van der Waals surface area (Å²) in [5.74, 6) is 1.25. The fraction of sp³-hybridized carbons (Fsp3) is 0.375. The molecule has 0 amide bonds. The highest BCUT2D eigenvalue weighted by Crippen LogP contribution is 2.24. The van der Waals surface area contributed by atoms with E-state index in [0.717, 1.165) is 29.7 Å². The van der Waals surface area contributed by atoms with E-state index in [4.69, 9.17) is 5.26 Å². The topological polar surface area (TPSA) is 60.2 Å². The van der Waals surface area contributed by atoms with Gasteiger partial charge in [0, 0.05) is 18.5 Å². The van der Waals surface area contributed by atoms with Gasteiger partial charge >= 0.3 is 0 Å². The summed E-state index contributed by atoms with van der Waals surface area (Å²) in [7, 11) is 0. The van der Waals surface area contributed by atoms with Crippen LogP contribution in [0.4, 0.5) is 5.82 Å². The van der Waals surface area contributed by atoms with Crippen molar-refractivity contribution in [2.75, 3.05) is 18.0 Å². The summed E-state index contributed by atoms with van der Waals surface area (Å²) >= 11 is 0. The van der Waals surface area contributed by atoms with Crippen LogP contribution in [-0.2, 0) is 0 Å². The Bertz CT molecular complexity index is 677. The molecule has 1 aliphatic rings. The van der Waals surface area contributed by atoms with E-state index >= 15 is 0 Å². The predicted molar refractivity (Wildman–Crippen MR) is 78.5 cm³/mol. The van der Waals surface area contributed by atoms with E-state index in [2.05, 4.69) is 22.9 Å². The van der Waals surface area contributed by atoms with Crippen molar-refractivity contribution < 1.29 is 5.11 Å². The molecule has 2 heterocycles. The third-order valence-corrected chi connectivity index (χ3v) is 4.05. The van der Waals surface area contributed by atoms with E-state index in [1.54, 1.807) is 6.07 Å². The minimum absolute atomic E-state index is 0.290. The molecule has 0 aliphatic carbocycles. The average Bonchev–Trinajstić information content (AvgIpc) is 2.49. The van der Waals surface area contributed by atoms with Gasteiger partial charge in [0.15, 0.2) is 0 Å². The minimum atomic E-state index is -0.290. The van der Waals surface area contributed by atoms with Crippen molar-refractivity contribution in [3.8, 4) is 6.07 Å². The Kier molecular flexibility index (Phi) is 3.29. The Balaban J connectivity index is 1.92. The molecule has 1 fully saturated rings. The van der Waals surface area contributed by atoms with Crippen LogP contribution >= 0.6 is 0 Å². The lowest BCUT2D eigenvalue weighted by atomic mass is 9.96. The zero-order valence-corrected chi connectivity index (χ0v) is 11.5. The highest BCUT2D eigenvalue weighted by Gasteiger charge is 2.24. The van der Waals surface area contributed by atoms with Crippen LogP contribution < -0.4 is 4.90 Å². The number of rotatable bonds is 1. The van der Waals surface area contributed by atoms with Gasteiger partial charge in [-0.15, -0.1) is 0 Å². The number of hydrogen-bond donors (Lipinski definition) is 1. The quantitative estimate of drug-likeness (QED) is 0.861. The number of piperidine rings is 1. The third kappa shape index (κ3) is 2.33. The van der Waals surface area contributed by atoms with Gasteiger partial charge in [-0.2, -0.15) is 5.26 Å². The molecule has 2 aromatic rings. The van der Waals surface area contributed by atoms with Crippen molar-refractivity contribution in [1.82, 2.24) is 4.98 Å². The van der Waals surface area contributed by atoms with Gasteiger partial charge in [0.25, 0.3) is 0 Å². The first-order valence-electron chi connectivity index (χ1n) is 6.91. The molecular formula is C16H17N3O. The van der Waals surface area contributed by atoms with Crippen LogP contribution in [0.1, 0.15) is 18.9 Å². The molecule has 1 N–H and O–H groups in total. The number of aliphatic hydroxyl groups excluding tert-OH is 1. The largest absolute Gasteiger partial charge is 0.391 e. The van der Waals surface area contributed by atoms with Gasteiger partial charge in [-0.25, -0.2) is 4.98 Å². The molecule has 4 heteroatoms. The SMILES string of the molecule is CC1CCN(c2ccc3cc(C#N)ccc3n2)CC1O. The molecule has 0 bridgehead atoms. The standard InChI is InChI=1S/C16H17N3O/c1-11-6-7-19(10-15(11)20)16-5-3-13-8-12(9-17)2-4-14(13)18-16/h2-5,8,11,15,20H,6-7,10H2,1H3. The molecule has 2 atom stereocenters. The zero-order chi connectivity index (χ0) is 14.1. The predicted octanol–water partition coefficient (Wildman–Crippen LogP) is 2.31. The summed E-state index contributed by atoms with van der Waals surface area (Å²) < 4.78 is 0. The molecular weight excluding hydrogens is 250 g/mol. The van der Waals surface area contributed by atoms with Crippen LogP contribution in [0.3, 0.4) is 0 Å². The summed E-state index contributed by atoms with van der Waals surface area (Å²) in [5, 5.41) is 19.9. The minimum Gasteiger partial charge on any atom is -0.391 e. The molecule has 0 radical (unpaired) electrons. The molecule has 0 saturated carbocycles. The van der Waals surface area contributed by atoms with Crippen LogP contribution in [0.2, 0.25) is 0 Å². The number of fused-ring (bicyclic) bond motifs is 1. The van der Waals surface area contributed by atoms with Crippen molar-refractivity contribution >= 4 is 16.7 Å². The summed E-state index contributed by atoms with van der Waals surface area (Å²) in [4.78, 5) is 6.77. The fourth-order valence-corrected chi connectivity index (χ4v) is 2.62. The molecule has 20 heavy (non-hydrogen) atoms. The van der Waals surface area contributed by atoms with E-state index < -0.39 is 0 Å². The molecule has 0 spiro atoms. The maximum absolute atomic E-state index is 9.99. The molecule has 1 aliphatic heterocycles. The van der Waals surface area contributed by atoms with Crippen molar-refractivity contribution in [2.45, 2.75) is 19.4 Å². The zero-order valence-electron chi connectivity index (χ0n) is 11.5. The molecule has 1 aromatic heterocycles. The van der Waals surface area contributed by atoms with Gasteiger partial charge < -0.3 is 10.0 Å². The Hall–Kier alpha value is -2.12. The van der Waals surface area contributed by atoms with E-state index in [1.165, 1.54) is 0 Å². The summed E-state index contributed by atoms with van der Waals surface area (Å²) in [6.07, 6.45) is 0.691. The molecule has 102 valence electrons. The lowest BCUT2D eigenvalue weighted by Crippen LogP contribution is -2.43. The first kappa shape index (κ1) is 12.9. The van der Waals surface area contributed by atoms with Gasteiger partial charge in [0.2, 0.25) is 0 Å². The van der Waals surface area contributed by atoms with Gasteiger partial charge in [-0.1, -0.05) is 6.92 Å². The Morgan fingerprint density at radius 2 is 2.20 bits per heavy atom. The lowest BCUT2D eigenvalue weighted by molar-refractivity contribution is 0.102. The second-order valence-electron chi connectivity index (χ2n) is 5.47. The van der Waals surface area contributed by atoms with Gasteiger partial charge in [0.05, 0.1) is 23.3 Å². The first-order chi connectivity index (χ1) is 9.67. The molecule has 1 aromatic carbocycles. The van der Waals surface area contributed by atoms with Crippen LogP contribution in [0.25, 0.3) is 10.9 Å². The molecule has 4 nitrogen and oxygen atoms in total. The summed E-state index contributed by atoms with van der Waals surface area (Å²) in [5.41, 5.74) is 1.53. The van der Waals surface area contributed by atoms with Crippen molar-refractivity contribution in [3.05, 3.63) is 35.9 Å². The van der Waals surface area contributed by atoms with E-state index in [9.17, 15) is 5.11 Å². The van der Waals surface area contributed by atoms with Gasteiger partial charge in [-0.05, 0) is 42.7 Å². The monoisotopic (exact) mass is 267 g/mol. The van der Waals surface area contributed by atoms with E-state index in [0.29, 0.717) is 18.0 Å². The maximum Gasteiger partial charge on any atom is 0.129 e. The van der Waals surface area contributed by atoms with Gasteiger partial charge in [-0.3, -0.25) is 0 Å². The highest BCUT2D eigenvalue weighted by atomic mass is 16.3. The highest BCUT2D eigenvalue weighted by molar-refractivity contribution is 5.81. The Morgan fingerprint density at radius 1 is 1.35 bits per heavy atom. The second kappa shape index (κ2) is 5.10. The van der Waals surface area contributed by atoms with Crippen LogP contribution in [-0.4, -0.2) is 29.3 Å². The summed E-state index contributed by atoms with van der Waals surface area (Å²) in [6.45, 7) is 3.64. The van der Waals surface area contributed by atoms with Crippen molar-refractivity contribution in [2.24, 2.45) is 5.92 Å². The van der Waals surface area contributed by atoms with Crippen LogP contribution in [0.5, 0.6) is 0 Å². The number of benzene rings is 1. The lowest BCUT2D eigenvalue weighted by Gasteiger charge is -2.35. The average molecular weight is 267 g/mol. The number of aromatic nitrogens is 1. The van der Waals surface area contributed by atoms with Crippen molar-refractivity contribution in [3.63, 3.8) is 0 Å². The maximum atomic E-state index is 9.99. The van der Waals surface area contributed by atoms with Gasteiger partial charge in [0.1, 0.15) is 5.82 Å². The number of aliphatic hydroxyl groups is 1. The van der Waals surface area contributed by atoms with Crippen LogP contribution in [0.15, 0.2) is 30.3 Å². The Morgan fingerprint density at radius 3 is 2.95 bits per heavy atom. The fourth-order valence-electron chi connectivity index (χ4n) is 2.62. The number of nitriles is 1. The number of anilines is 1. The van der Waals surface area contributed by atoms with E-state index in [1.807, 2.05) is 24.3 Å². The molecule has 3 rings (SSSR count). The number of β-amino-alcohol motifs (C(OH)–C–C–N with tert-alkyl or cyclic N) is 1. The summed E-state index contributed by atoms with van der Waals surface area (Å²) in [6, 6.07) is 11.6. The smallest absolute Gasteiger partial charge is 0.129 e. The molecule has 1 saturated heterocycles. The number of pyridine rings is 1. The normalized spacial score (nSPS) is 22.8. The third-order valence-electron chi connectivity index (χ3n) is 4.05. The van der Waals surface area contributed by atoms with Crippen molar-refractivity contribution in [1.29, 1.82) is 5.26 Å².